The first-order chi connectivity index (χ1) is 10.5. The summed E-state index contributed by atoms with van der Waals surface area (Å²) in [5.41, 5.74) is 6.28. The molecule has 0 spiro atoms. The van der Waals surface area contributed by atoms with Gasteiger partial charge in [0.1, 0.15) is 0 Å². The Labute approximate surface area is 140 Å². The van der Waals surface area contributed by atoms with Crippen LogP contribution in [0.1, 0.15) is 22.2 Å². The standard InChI is InChI=1S/C15H15BrN2O3S/c1-9(14(19)18-8-11-3-2-6-22-11)21-15(20)12-7-10(16)4-5-13(12)17/h2-7,9H,8,17H2,1H3,(H,18,19). The van der Waals surface area contributed by atoms with Gasteiger partial charge in [-0.05, 0) is 36.6 Å². The lowest BCUT2D eigenvalue weighted by atomic mass is 10.2. The van der Waals surface area contributed by atoms with Crippen LogP contribution in [0.3, 0.4) is 0 Å². The maximum atomic E-state index is 12.1. The highest BCUT2D eigenvalue weighted by atomic mass is 79.9. The van der Waals surface area contributed by atoms with E-state index in [2.05, 4.69) is 21.2 Å². The van der Waals surface area contributed by atoms with Gasteiger partial charge in [-0.15, -0.1) is 11.3 Å². The maximum absolute atomic E-state index is 12.1. The minimum absolute atomic E-state index is 0.229. The number of nitrogen functional groups attached to an aromatic ring is 1. The normalized spacial score (nSPS) is 11.7. The maximum Gasteiger partial charge on any atom is 0.341 e. The van der Waals surface area contributed by atoms with E-state index < -0.39 is 12.1 Å². The van der Waals surface area contributed by atoms with Crippen molar-refractivity contribution in [2.45, 2.75) is 19.6 Å². The molecule has 0 radical (unpaired) electrons. The lowest BCUT2D eigenvalue weighted by molar-refractivity contribution is -0.129. The number of carbonyl (C=O) groups excluding carboxylic acids is 2. The van der Waals surface area contributed by atoms with Crippen molar-refractivity contribution in [3.05, 3.63) is 50.6 Å². The zero-order chi connectivity index (χ0) is 16.1. The number of anilines is 1. The number of carbonyl (C=O) groups is 2. The minimum atomic E-state index is -0.897. The number of thiophene rings is 1. The van der Waals surface area contributed by atoms with Crippen molar-refractivity contribution in [2.24, 2.45) is 0 Å². The summed E-state index contributed by atoms with van der Waals surface area (Å²) in [4.78, 5) is 25.0. The number of rotatable bonds is 5. The highest BCUT2D eigenvalue weighted by molar-refractivity contribution is 9.10. The van der Waals surface area contributed by atoms with Gasteiger partial charge >= 0.3 is 5.97 Å². The second-order valence-electron chi connectivity index (χ2n) is 4.58. The van der Waals surface area contributed by atoms with E-state index in [0.717, 1.165) is 4.88 Å². The van der Waals surface area contributed by atoms with E-state index in [4.69, 9.17) is 10.5 Å². The molecule has 2 rings (SSSR count). The molecule has 1 unspecified atom stereocenters. The van der Waals surface area contributed by atoms with Gasteiger partial charge in [-0.2, -0.15) is 0 Å². The van der Waals surface area contributed by atoms with Crippen molar-refractivity contribution in [1.82, 2.24) is 5.32 Å². The van der Waals surface area contributed by atoms with E-state index in [0.29, 0.717) is 16.7 Å². The third kappa shape index (κ3) is 4.32. The Hall–Kier alpha value is -1.86. The van der Waals surface area contributed by atoms with Gasteiger partial charge in [-0.1, -0.05) is 22.0 Å². The van der Waals surface area contributed by atoms with Gasteiger partial charge in [0, 0.05) is 15.0 Å². The van der Waals surface area contributed by atoms with Crippen LogP contribution in [0.15, 0.2) is 40.2 Å². The Morgan fingerprint density at radius 1 is 1.41 bits per heavy atom. The first kappa shape index (κ1) is 16.5. The van der Waals surface area contributed by atoms with E-state index in [1.807, 2.05) is 17.5 Å². The molecule has 1 heterocycles. The minimum Gasteiger partial charge on any atom is -0.449 e. The molecule has 2 aromatic rings. The SMILES string of the molecule is CC(OC(=O)c1cc(Br)ccc1N)C(=O)NCc1cccs1. The first-order valence-electron chi connectivity index (χ1n) is 6.53. The molecule has 0 aliphatic rings. The molecule has 0 aliphatic carbocycles. The number of nitrogens with two attached hydrogens (primary N) is 1. The smallest absolute Gasteiger partial charge is 0.341 e. The summed E-state index contributed by atoms with van der Waals surface area (Å²) in [5.74, 6) is -0.979. The molecule has 22 heavy (non-hydrogen) atoms. The summed E-state index contributed by atoms with van der Waals surface area (Å²) in [5, 5.41) is 4.65. The van der Waals surface area contributed by atoms with Crippen molar-refractivity contribution < 1.29 is 14.3 Å². The fourth-order valence-electron chi connectivity index (χ4n) is 1.71. The van der Waals surface area contributed by atoms with E-state index >= 15 is 0 Å². The van der Waals surface area contributed by atoms with Crippen molar-refractivity contribution in [1.29, 1.82) is 0 Å². The molecule has 0 aliphatic heterocycles. The predicted molar refractivity (Wildman–Crippen MR) is 89.6 cm³/mol. The van der Waals surface area contributed by atoms with Crippen LogP contribution in [0.5, 0.6) is 0 Å². The monoisotopic (exact) mass is 382 g/mol. The van der Waals surface area contributed by atoms with Crippen molar-refractivity contribution >= 4 is 44.8 Å². The fourth-order valence-corrected chi connectivity index (χ4v) is 2.72. The topological polar surface area (TPSA) is 81.4 Å². The Morgan fingerprint density at radius 3 is 2.86 bits per heavy atom. The molecule has 0 saturated carbocycles. The zero-order valence-electron chi connectivity index (χ0n) is 11.8. The predicted octanol–water partition coefficient (Wildman–Crippen LogP) is 2.95. The molecule has 0 saturated heterocycles. The van der Waals surface area contributed by atoms with Crippen molar-refractivity contribution in [3.8, 4) is 0 Å². The van der Waals surface area contributed by atoms with Crippen molar-refractivity contribution in [2.75, 3.05) is 5.73 Å². The van der Waals surface area contributed by atoms with E-state index in [-0.39, 0.29) is 11.5 Å². The second-order valence-corrected chi connectivity index (χ2v) is 6.52. The molecule has 0 fully saturated rings. The number of benzene rings is 1. The first-order valence-corrected chi connectivity index (χ1v) is 8.20. The average molecular weight is 383 g/mol. The van der Waals surface area contributed by atoms with Gasteiger partial charge < -0.3 is 15.8 Å². The lowest BCUT2D eigenvalue weighted by Gasteiger charge is -2.14. The number of nitrogens with one attached hydrogen (secondary N) is 1. The number of esters is 1. The van der Waals surface area contributed by atoms with Crippen LogP contribution < -0.4 is 11.1 Å². The van der Waals surface area contributed by atoms with Crippen LogP contribution in [0.2, 0.25) is 0 Å². The van der Waals surface area contributed by atoms with Crippen LogP contribution >= 0.6 is 27.3 Å². The average Bonchev–Trinajstić information content (AvgIpc) is 3.00. The Bertz CT molecular complexity index is 673. The van der Waals surface area contributed by atoms with Crippen LogP contribution in [0.25, 0.3) is 0 Å². The summed E-state index contributed by atoms with van der Waals surface area (Å²) in [7, 11) is 0. The summed E-state index contributed by atoms with van der Waals surface area (Å²) >= 11 is 4.81. The van der Waals surface area contributed by atoms with Gasteiger partial charge in [0.05, 0.1) is 12.1 Å². The molecule has 116 valence electrons. The number of amides is 1. The molecule has 0 bridgehead atoms. The molecule has 3 N–H and O–H groups in total. The molecule has 1 aromatic heterocycles. The Balaban J connectivity index is 1.92. The number of hydrogen-bond donors (Lipinski definition) is 2. The summed E-state index contributed by atoms with van der Waals surface area (Å²) in [6.07, 6.45) is -0.897. The molecule has 7 heteroatoms. The lowest BCUT2D eigenvalue weighted by Crippen LogP contribution is -2.35. The van der Waals surface area contributed by atoms with Crippen LogP contribution in [-0.4, -0.2) is 18.0 Å². The van der Waals surface area contributed by atoms with Gasteiger partial charge in [0.2, 0.25) is 0 Å². The van der Waals surface area contributed by atoms with Crippen LogP contribution in [-0.2, 0) is 16.1 Å². The highest BCUT2D eigenvalue weighted by Crippen LogP contribution is 2.19. The second kappa shape index (κ2) is 7.42. The van der Waals surface area contributed by atoms with Crippen molar-refractivity contribution in [3.63, 3.8) is 0 Å². The largest absolute Gasteiger partial charge is 0.449 e. The number of ether oxygens (including phenoxy) is 1. The van der Waals surface area contributed by atoms with Gasteiger partial charge in [0.25, 0.3) is 5.91 Å². The third-order valence-corrected chi connectivity index (χ3v) is 4.27. The van der Waals surface area contributed by atoms with Crippen LogP contribution in [0.4, 0.5) is 5.69 Å². The van der Waals surface area contributed by atoms with Gasteiger partial charge in [-0.25, -0.2) is 4.79 Å². The van der Waals surface area contributed by atoms with Gasteiger partial charge in [0.15, 0.2) is 6.10 Å². The van der Waals surface area contributed by atoms with E-state index in [9.17, 15) is 9.59 Å². The number of halogens is 1. The van der Waals surface area contributed by atoms with Crippen LogP contribution in [0, 0.1) is 0 Å². The molecule has 1 aromatic carbocycles. The van der Waals surface area contributed by atoms with E-state index in [1.54, 1.807) is 29.5 Å². The molecule has 1 atom stereocenters. The summed E-state index contributed by atoms with van der Waals surface area (Å²) < 4.78 is 5.87. The Kier molecular flexibility index (Phi) is 5.57. The summed E-state index contributed by atoms with van der Waals surface area (Å²) in [6, 6.07) is 8.72. The Morgan fingerprint density at radius 2 is 2.18 bits per heavy atom. The fraction of sp³-hybridized carbons (Fsp3) is 0.200. The third-order valence-electron chi connectivity index (χ3n) is 2.91. The highest BCUT2D eigenvalue weighted by Gasteiger charge is 2.20. The van der Waals surface area contributed by atoms with E-state index in [1.165, 1.54) is 6.92 Å². The van der Waals surface area contributed by atoms with Gasteiger partial charge in [-0.3, -0.25) is 4.79 Å². The molecular weight excluding hydrogens is 368 g/mol. The molecular formula is C15H15BrN2O3S. The molecule has 1 amide bonds. The number of hydrogen-bond acceptors (Lipinski definition) is 5. The quantitative estimate of drug-likeness (QED) is 0.615. The summed E-state index contributed by atoms with van der Waals surface area (Å²) in [6.45, 7) is 1.94. The molecule has 5 nitrogen and oxygen atoms in total. The zero-order valence-corrected chi connectivity index (χ0v) is 14.2.